The van der Waals surface area contributed by atoms with Crippen molar-refractivity contribution < 1.29 is 17.9 Å². The molecule has 6 nitrogen and oxygen atoms in total. The molecule has 0 radical (unpaired) electrons. The molecule has 0 heterocycles. The Morgan fingerprint density at radius 3 is 2.55 bits per heavy atom. The number of carbonyl (C=O) groups excluding carboxylic acids is 1. The molecule has 0 saturated heterocycles. The lowest BCUT2D eigenvalue weighted by Crippen LogP contribution is -2.40. The number of hydrogen-bond acceptors (Lipinski definition) is 5. The Labute approximate surface area is 132 Å². The fourth-order valence-corrected chi connectivity index (χ4v) is 3.36. The average Bonchev–Trinajstić information content (AvgIpc) is 2.45. The summed E-state index contributed by atoms with van der Waals surface area (Å²) in [5.41, 5.74) is 6.23. The van der Waals surface area contributed by atoms with Gasteiger partial charge in [-0.3, -0.25) is 0 Å². The van der Waals surface area contributed by atoms with Gasteiger partial charge in [0.1, 0.15) is 0 Å². The van der Waals surface area contributed by atoms with E-state index < -0.39 is 16.0 Å². The van der Waals surface area contributed by atoms with Crippen LogP contribution >= 0.6 is 0 Å². The average molecular weight is 328 g/mol. The van der Waals surface area contributed by atoms with Gasteiger partial charge >= 0.3 is 5.97 Å². The van der Waals surface area contributed by atoms with Crippen LogP contribution in [0, 0.1) is 5.41 Å². The highest BCUT2D eigenvalue weighted by Crippen LogP contribution is 2.18. The number of nitrogens with two attached hydrogens (primary N) is 1. The maximum absolute atomic E-state index is 12.4. The highest BCUT2D eigenvalue weighted by atomic mass is 32.2. The van der Waals surface area contributed by atoms with E-state index in [0.29, 0.717) is 24.2 Å². The van der Waals surface area contributed by atoms with Gasteiger partial charge in [0.05, 0.1) is 18.4 Å². The third-order valence-electron chi connectivity index (χ3n) is 3.38. The lowest BCUT2D eigenvalue weighted by molar-refractivity contribution is 0.0600. The van der Waals surface area contributed by atoms with E-state index >= 15 is 0 Å². The molecule has 0 bridgehead atoms. The summed E-state index contributed by atoms with van der Waals surface area (Å²) in [6.07, 6.45) is 0. The van der Waals surface area contributed by atoms with Crippen molar-refractivity contribution in [3.05, 3.63) is 35.4 Å². The smallest absolute Gasteiger partial charge is 0.337 e. The number of rotatable bonds is 7. The molecule has 1 aromatic carbocycles. The van der Waals surface area contributed by atoms with Crippen LogP contribution in [-0.2, 0) is 20.5 Å². The van der Waals surface area contributed by atoms with Crippen molar-refractivity contribution in [2.45, 2.75) is 19.6 Å². The van der Waals surface area contributed by atoms with Crippen molar-refractivity contribution in [3.63, 3.8) is 0 Å². The summed E-state index contributed by atoms with van der Waals surface area (Å²) < 4.78 is 30.8. The van der Waals surface area contributed by atoms with Gasteiger partial charge in [-0.1, -0.05) is 26.0 Å². The SMILES string of the molecule is COC(=O)c1cccc(CS(=O)(=O)N(C)CC(C)(C)CN)c1. The Hall–Kier alpha value is -1.44. The summed E-state index contributed by atoms with van der Waals surface area (Å²) in [5.74, 6) is -0.661. The minimum atomic E-state index is -3.48. The number of methoxy groups -OCH3 is 1. The Morgan fingerprint density at radius 2 is 2.00 bits per heavy atom. The van der Waals surface area contributed by atoms with Crippen LogP contribution in [0.2, 0.25) is 0 Å². The van der Waals surface area contributed by atoms with Crippen LogP contribution in [0.4, 0.5) is 0 Å². The summed E-state index contributed by atoms with van der Waals surface area (Å²) >= 11 is 0. The summed E-state index contributed by atoms with van der Waals surface area (Å²) in [7, 11) is -0.655. The van der Waals surface area contributed by atoms with Crippen LogP contribution in [0.25, 0.3) is 0 Å². The largest absolute Gasteiger partial charge is 0.465 e. The molecule has 0 aromatic heterocycles. The fraction of sp³-hybridized carbons (Fsp3) is 0.533. The van der Waals surface area contributed by atoms with Gasteiger partial charge in [-0.2, -0.15) is 0 Å². The Bertz CT molecular complexity index is 626. The molecule has 0 atom stereocenters. The van der Waals surface area contributed by atoms with Crippen LogP contribution in [-0.4, -0.2) is 45.9 Å². The van der Waals surface area contributed by atoms with Gasteiger partial charge in [-0.05, 0) is 29.7 Å². The van der Waals surface area contributed by atoms with E-state index in [0.717, 1.165) is 0 Å². The van der Waals surface area contributed by atoms with E-state index in [4.69, 9.17) is 5.73 Å². The van der Waals surface area contributed by atoms with E-state index in [2.05, 4.69) is 4.74 Å². The second-order valence-corrected chi connectivity index (χ2v) is 8.15. The normalized spacial score (nSPS) is 12.5. The first-order valence-electron chi connectivity index (χ1n) is 6.92. The molecule has 2 N–H and O–H groups in total. The zero-order valence-electron chi connectivity index (χ0n) is 13.5. The van der Waals surface area contributed by atoms with Crippen LogP contribution in [0.5, 0.6) is 0 Å². The molecule has 0 amide bonds. The minimum absolute atomic E-state index is 0.172. The number of hydrogen-bond donors (Lipinski definition) is 1. The predicted octanol–water partition coefficient (Wildman–Crippen LogP) is 1.22. The second-order valence-electron chi connectivity index (χ2n) is 6.07. The first-order valence-corrected chi connectivity index (χ1v) is 8.53. The van der Waals surface area contributed by atoms with Gasteiger partial charge in [-0.25, -0.2) is 17.5 Å². The number of sulfonamides is 1. The number of esters is 1. The van der Waals surface area contributed by atoms with Gasteiger partial charge in [0.15, 0.2) is 0 Å². The van der Waals surface area contributed by atoms with Crippen LogP contribution < -0.4 is 5.73 Å². The first-order chi connectivity index (χ1) is 10.1. The molecule has 1 rings (SSSR count). The molecular formula is C15H24N2O4S. The summed E-state index contributed by atoms with van der Waals surface area (Å²) in [6, 6.07) is 6.43. The molecule has 0 aliphatic rings. The van der Waals surface area contributed by atoms with Crippen molar-refractivity contribution in [1.82, 2.24) is 4.31 Å². The maximum Gasteiger partial charge on any atom is 0.337 e. The molecule has 0 aliphatic heterocycles. The monoisotopic (exact) mass is 328 g/mol. The highest BCUT2D eigenvalue weighted by molar-refractivity contribution is 7.88. The van der Waals surface area contributed by atoms with Crippen LogP contribution in [0.1, 0.15) is 29.8 Å². The Balaban J connectivity index is 2.91. The molecule has 0 fully saturated rings. The van der Waals surface area contributed by atoms with Gasteiger partial charge < -0.3 is 10.5 Å². The number of nitrogens with zero attached hydrogens (tertiary/aromatic N) is 1. The van der Waals surface area contributed by atoms with Crippen LogP contribution in [0.15, 0.2) is 24.3 Å². The summed E-state index contributed by atoms with van der Waals surface area (Å²) in [5, 5.41) is 0. The van der Waals surface area contributed by atoms with Gasteiger partial charge in [0, 0.05) is 13.6 Å². The number of carbonyl (C=O) groups is 1. The van der Waals surface area contributed by atoms with Crippen molar-refractivity contribution >= 4 is 16.0 Å². The predicted molar refractivity (Wildman–Crippen MR) is 85.9 cm³/mol. The second kappa shape index (κ2) is 7.21. The van der Waals surface area contributed by atoms with E-state index in [9.17, 15) is 13.2 Å². The van der Waals surface area contributed by atoms with E-state index in [1.54, 1.807) is 18.2 Å². The third-order valence-corrected chi connectivity index (χ3v) is 5.15. The number of benzene rings is 1. The summed E-state index contributed by atoms with van der Waals surface area (Å²) in [4.78, 5) is 11.5. The van der Waals surface area contributed by atoms with Gasteiger partial charge in [0.2, 0.25) is 10.0 Å². The Kier molecular flexibility index (Phi) is 6.10. The quantitative estimate of drug-likeness (QED) is 0.760. The standard InChI is InChI=1S/C15H24N2O4S/c1-15(2,10-16)11-17(3)22(19,20)9-12-6-5-7-13(8-12)14(18)21-4/h5-8H,9-11,16H2,1-4H3. The van der Waals surface area contributed by atoms with Crippen molar-refractivity contribution in [2.24, 2.45) is 11.1 Å². The lowest BCUT2D eigenvalue weighted by Gasteiger charge is -2.28. The molecule has 22 heavy (non-hydrogen) atoms. The molecule has 0 aliphatic carbocycles. The molecular weight excluding hydrogens is 304 g/mol. The van der Waals surface area contributed by atoms with Gasteiger partial charge in [0.25, 0.3) is 0 Å². The zero-order chi connectivity index (χ0) is 17.0. The molecule has 7 heteroatoms. The number of ether oxygens (including phenoxy) is 1. The van der Waals surface area contributed by atoms with E-state index in [1.807, 2.05) is 13.8 Å². The van der Waals surface area contributed by atoms with E-state index in [-0.39, 0.29) is 11.2 Å². The van der Waals surface area contributed by atoms with Crippen molar-refractivity contribution in [3.8, 4) is 0 Å². The van der Waals surface area contributed by atoms with E-state index in [1.165, 1.54) is 24.5 Å². The molecule has 124 valence electrons. The van der Waals surface area contributed by atoms with Crippen molar-refractivity contribution in [1.29, 1.82) is 0 Å². The minimum Gasteiger partial charge on any atom is -0.465 e. The fourth-order valence-electron chi connectivity index (χ4n) is 1.99. The van der Waals surface area contributed by atoms with Crippen LogP contribution in [0.3, 0.4) is 0 Å². The Morgan fingerprint density at radius 1 is 1.36 bits per heavy atom. The molecule has 1 aromatic rings. The first kappa shape index (κ1) is 18.6. The molecule has 0 unspecified atom stereocenters. The van der Waals surface area contributed by atoms with Gasteiger partial charge in [-0.15, -0.1) is 0 Å². The third kappa shape index (κ3) is 5.08. The molecule has 0 saturated carbocycles. The molecule has 0 spiro atoms. The lowest BCUT2D eigenvalue weighted by atomic mass is 9.94. The summed E-state index contributed by atoms with van der Waals surface area (Å²) in [6.45, 7) is 4.56. The highest BCUT2D eigenvalue weighted by Gasteiger charge is 2.26. The topological polar surface area (TPSA) is 89.7 Å². The maximum atomic E-state index is 12.4. The zero-order valence-corrected chi connectivity index (χ0v) is 14.3. The van der Waals surface area contributed by atoms with Crippen molar-refractivity contribution in [2.75, 3.05) is 27.2 Å².